The van der Waals surface area contributed by atoms with E-state index in [0.29, 0.717) is 0 Å². The second-order valence-corrected chi connectivity index (χ2v) is 8.85. The molecule has 0 bridgehead atoms. The van der Waals surface area contributed by atoms with Crippen molar-refractivity contribution in [1.29, 1.82) is 0 Å². The maximum Gasteiger partial charge on any atom is 0.243 e. The highest BCUT2D eigenvalue weighted by Crippen LogP contribution is 2.19. The number of carbonyl (C=O) groups is 1. The zero-order valence-corrected chi connectivity index (χ0v) is 17.3. The Kier molecular flexibility index (Phi) is 6.97. The molecule has 7 heteroatoms. The van der Waals surface area contributed by atoms with Gasteiger partial charge in [0.1, 0.15) is 5.82 Å². The average Bonchev–Trinajstić information content (AvgIpc) is 2.75. The molecule has 0 aliphatic rings. The van der Waals surface area contributed by atoms with Gasteiger partial charge >= 0.3 is 0 Å². The molecule has 0 spiro atoms. The molecule has 1 unspecified atom stereocenters. The van der Waals surface area contributed by atoms with Crippen molar-refractivity contribution in [2.45, 2.75) is 24.4 Å². The van der Waals surface area contributed by atoms with Crippen LogP contribution in [-0.4, -0.2) is 25.2 Å². The fourth-order valence-electron chi connectivity index (χ4n) is 3.04. The van der Waals surface area contributed by atoms with Crippen LogP contribution in [0.1, 0.15) is 24.1 Å². The molecule has 0 saturated carbocycles. The summed E-state index contributed by atoms with van der Waals surface area (Å²) < 4.78 is 40.6. The number of sulfonamides is 1. The molecular formula is C23H23FN2O3S. The molecule has 3 aromatic rings. The summed E-state index contributed by atoms with van der Waals surface area (Å²) in [4.78, 5) is 12.8. The van der Waals surface area contributed by atoms with E-state index in [4.69, 9.17) is 0 Å². The quantitative estimate of drug-likeness (QED) is 0.594. The molecule has 0 aliphatic carbocycles. The Morgan fingerprint density at radius 1 is 0.933 bits per heavy atom. The number of benzene rings is 3. The van der Waals surface area contributed by atoms with Gasteiger partial charge in [-0.1, -0.05) is 60.7 Å². The molecule has 5 nitrogen and oxygen atoms in total. The minimum atomic E-state index is -3.88. The summed E-state index contributed by atoms with van der Waals surface area (Å²) in [6.07, 6.45) is 0. The van der Waals surface area contributed by atoms with Crippen molar-refractivity contribution in [1.82, 2.24) is 9.62 Å². The molecule has 0 aliphatic heterocycles. The lowest BCUT2D eigenvalue weighted by atomic mass is 10.1. The van der Waals surface area contributed by atoms with Gasteiger partial charge in [-0.25, -0.2) is 12.8 Å². The van der Waals surface area contributed by atoms with E-state index >= 15 is 0 Å². The van der Waals surface area contributed by atoms with Gasteiger partial charge in [0.05, 0.1) is 17.5 Å². The van der Waals surface area contributed by atoms with E-state index in [2.05, 4.69) is 5.32 Å². The van der Waals surface area contributed by atoms with E-state index < -0.39 is 22.0 Å². The highest BCUT2D eigenvalue weighted by atomic mass is 32.2. The minimum Gasteiger partial charge on any atom is -0.348 e. The standard InChI is InChI=1S/C23H23FN2O3S/c1-18(20-12-14-21(24)15-13-20)25-23(27)17-26(16-19-8-4-2-5-9-19)30(28,29)22-10-6-3-7-11-22/h2-15,18H,16-17H2,1H3,(H,25,27). The van der Waals surface area contributed by atoms with E-state index in [9.17, 15) is 17.6 Å². The van der Waals surface area contributed by atoms with Crippen LogP contribution in [0.4, 0.5) is 4.39 Å². The number of hydrogen-bond donors (Lipinski definition) is 1. The molecular weight excluding hydrogens is 403 g/mol. The molecule has 0 fully saturated rings. The number of halogens is 1. The molecule has 0 radical (unpaired) electrons. The Morgan fingerprint density at radius 2 is 1.50 bits per heavy atom. The number of carbonyl (C=O) groups excluding carboxylic acids is 1. The molecule has 1 N–H and O–H groups in total. The number of hydrogen-bond acceptors (Lipinski definition) is 3. The Balaban J connectivity index is 1.79. The van der Waals surface area contributed by atoms with Crippen molar-refractivity contribution in [3.8, 4) is 0 Å². The summed E-state index contributed by atoms with van der Waals surface area (Å²) in [7, 11) is -3.88. The number of nitrogens with one attached hydrogen (secondary N) is 1. The van der Waals surface area contributed by atoms with Crippen molar-refractivity contribution >= 4 is 15.9 Å². The van der Waals surface area contributed by atoms with Crippen molar-refractivity contribution in [2.24, 2.45) is 0 Å². The van der Waals surface area contributed by atoms with Crippen molar-refractivity contribution in [3.63, 3.8) is 0 Å². The summed E-state index contributed by atoms with van der Waals surface area (Å²) in [5.41, 5.74) is 1.50. The maximum atomic E-state index is 13.2. The van der Waals surface area contributed by atoms with Crippen LogP contribution in [0.5, 0.6) is 0 Å². The van der Waals surface area contributed by atoms with Gasteiger partial charge in [0.2, 0.25) is 15.9 Å². The first-order chi connectivity index (χ1) is 14.4. The lowest BCUT2D eigenvalue weighted by Crippen LogP contribution is -2.41. The average molecular weight is 427 g/mol. The lowest BCUT2D eigenvalue weighted by molar-refractivity contribution is -0.122. The molecule has 3 rings (SSSR count). The van der Waals surface area contributed by atoms with Crippen LogP contribution in [0.25, 0.3) is 0 Å². The van der Waals surface area contributed by atoms with E-state index in [0.717, 1.165) is 15.4 Å². The lowest BCUT2D eigenvalue weighted by Gasteiger charge is -2.23. The Hall–Kier alpha value is -3.03. The monoisotopic (exact) mass is 426 g/mol. The molecule has 0 heterocycles. The third kappa shape index (κ3) is 5.52. The van der Waals surface area contributed by atoms with E-state index in [1.807, 2.05) is 30.3 Å². The van der Waals surface area contributed by atoms with Crippen LogP contribution in [-0.2, 0) is 21.4 Å². The third-order valence-electron chi connectivity index (χ3n) is 4.65. The number of nitrogens with zero attached hydrogens (tertiary/aromatic N) is 1. The minimum absolute atomic E-state index is 0.0659. The van der Waals surface area contributed by atoms with Gasteiger partial charge in [-0.2, -0.15) is 4.31 Å². The first kappa shape index (κ1) is 21.7. The third-order valence-corrected chi connectivity index (χ3v) is 6.46. The van der Waals surface area contributed by atoms with Crippen LogP contribution < -0.4 is 5.32 Å². The summed E-state index contributed by atoms with van der Waals surface area (Å²) >= 11 is 0. The molecule has 1 amide bonds. The van der Waals surface area contributed by atoms with Gasteiger partial charge in [0.25, 0.3) is 0 Å². The first-order valence-corrected chi connectivity index (χ1v) is 10.9. The van der Waals surface area contributed by atoms with Gasteiger partial charge in [0, 0.05) is 6.54 Å². The van der Waals surface area contributed by atoms with Crippen molar-refractivity contribution in [2.75, 3.05) is 6.54 Å². The number of amides is 1. The maximum absolute atomic E-state index is 13.2. The predicted molar refractivity (Wildman–Crippen MR) is 113 cm³/mol. The zero-order chi connectivity index (χ0) is 21.6. The highest BCUT2D eigenvalue weighted by Gasteiger charge is 2.27. The van der Waals surface area contributed by atoms with Gasteiger partial charge < -0.3 is 5.32 Å². The fourth-order valence-corrected chi connectivity index (χ4v) is 4.44. The van der Waals surface area contributed by atoms with E-state index in [1.54, 1.807) is 37.3 Å². The van der Waals surface area contributed by atoms with Crippen molar-refractivity contribution in [3.05, 3.63) is 102 Å². The highest BCUT2D eigenvalue weighted by molar-refractivity contribution is 7.89. The zero-order valence-electron chi connectivity index (χ0n) is 16.5. The summed E-state index contributed by atoms with van der Waals surface area (Å²) in [5, 5.41) is 2.79. The van der Waals surface area contributed by atoms with Crippen LogP contribution in [0, 0.1) is 5.82 Å². The fraction of sp³-hybridized carbons (Fsp3) is 0.174. The van der Waals surface area contributed by atoms with E-state index in [1.165, 1.54) is 24.3 Å². The Bertz CT molecular complexity index is 1070. The molecule has 1 atom stereocenters. The first-order valence-electron chi connectivity index (χ1n) is 9.50. The number of rotatable bonds is 8. The Morgan fingerprint density at radius 3 is 2.10 bits per heavy atom. The second kappa shape index (κ2) is 9.65. The van der Waals surface area contributed by atoms with Crippen molar-refractivity contribution < 1.29 is 17.6 Å². The smallest absolute Gasteiger partial charge is 0.243 e. The predicted octanol–water partition coefficient (Wildman–Crippen LogP) is 3.89. The molecule has 3 aromatic carbocycles. The van der Waals surface area contributed by atoms with Gasteiger partial charge in [-0.05, 0) is 42.3 Å². The van der Waals surface area contributed by atoms with Gasteiger partial charge in [-0.3, -0.25) is 4.79 Å². The van der Waals surface area contributed by atoms with Gasteiger partial charge in [-0.15, -0.1) is 0 Å². The molecule has 0 saturated heterocycles. The summed E-state index contributed by atoms with van der Waals surface area (Å²) in [5.74, 6) is -0.803. The second-order valence-electron chi connectivity index (χ2n) is 6.91. The largest absolute Gasteiger partial charge is 0.348 e. The Labute approximate surface area is 176 Å². The SMILES string of the molecule is CC(NC(=O)CN(Cc1ccccc1)S(=O)(=O)c1ccccc1)c1ccc(F)cc1. The summed E-state index contributed by atoms with van der Waals surface area (Å²) in [6.45, 7) is 1.49. The molecule has 0 aromatic heterocycles. The van der Waals surface area contributed by atoms with Crippen LogP contribution in [0.3, 0.4) is 0 Å². The molecule has 30 heavy (non-hydrogen) atoms. The molecule has 156 valence electrons. The normalized spacial score (nSPS) is 12.5. The van der Waals surface area contributed by atoms with E-state index in [-0.39, 0.29) is 23.8 Å². The van der Waals surface area contributed by atoms with Crippen LogP contribution in [0.15, 0.2) is 89.8 Å². The summed E-state index contributed by atoms with van der Waals surface area (Å²) in [6, 6.07) is 22.6. The van der Waals surface area contributed by atoms with Crippen LogP contribution >= 0.6 is 0 Å². The van der Waals surface area contributed by atoms with Gasteiger partial charge in [0.15, 0.2) is 0 Å². The van der Waals surface area contributed by atoms with Crippen LogP contribution in [0.2, 0.25) is 0 Å². The topological polar surface area (TPSA) is 66.5 Å².